The summed E-state index contributed by atoms with van der Waals surface area (Å²) in [5.41, 5.74) is 0. The highest BCUT2D eigenvalue weighted by molar-refractivity contribution is 5.95. The number of amides is 3. The first kappa shape index (κ1) is 27.6. The number of nitrogens with one attached hydrogen (secondary N) is 2. The molecule has 0 unspecified atom stereocenters. The van der Waals surface area contributed by atoms with E-state index in [0.29, 0.717) is 56.8 Å². The molecule has 3 amide bonds. The lowest BCUT2D eigenvalue weighted by Gasteiger charge is -2.32. The van der Waals surface area contributed by atoms with E-state index >= 15 is 0 Å². The van der Waals surface area contributed by atoms with E-state index in [1.165, 1.54) is 4.90 Å². The number of hydrogen-bond donors (Lipinski definition) is 2. The number of carbonyl (C=O) groups excluding carboxylic acids is 3. The molecule has 0 bridgehead atoms. The molecule has 1 saturated carbocycles. The Morgan fingerprint density at radius 1 is 1.13 bits per heavy atom. The molecule has 0 spiro atoms. The summed E-state index contributed by atoms with van der Waals surface area (Å²) < 4.78 is 0. The second kappa shape index (κ2) is 14.6. The van der Waals surface area contributed by atoms with Crippen molar-refractivity contribution >= 4 is 17.7 Å². The predicted molar refractivity (Wildman–Crippen MR) is 126 cm³/mol. The molecule has 1 rings (SSSR count). The zero-order valence-corrected chi connectivity index (χ0v) is 20.7. The second-order valence-electron chi connectivity index (χ2n) is 9.49. The summed E-state index contributed by atoms with van der Waals surface area (Å²) in [5, 5.41) is 6.08. The summed E-state index contributed by atoms with van der Waals surface area (Å²) in [7, 11) is 1.83. The van der Waals surface area contributed by atoms with Crippen molar-refractivity contribution in [3.05, 3.63) is 0 Å². The maximum absolute atomic E-state index is 13.4. The molecule has 0 radical (unpaired) electrons. The average molecular weight is 439 g/mol. The van der Waals surface area contributed by atoms with Crippen LogP contribution in [0.5, 0.6) is 0 Å². The largest absolute Gasteiger partial charge is 0.336 e. The minimum absolute atomic E-state index is 0.122. The van der Waals surface area contributed by atoms with E-state index in [2.05, 4.69) is 50.2 Å². The van der Waals surface area contributed by atoms with Gasteiger partial charge in [-0.3, -0.25) is 19.4 Å². The zero-order chi connectivity index (χ0) is 23.4. The molecule has 0 heterocycles. The Hall–Kier alpha value is -1.47. The monoisotopic (exact) mass is 438 g/mol. The van der Waals surface area contributed by atoms with Crippen molar-refractivity contribution in [1.82, 2.24) is 20.4 Å². The molecule has 0 aromatic heterocycles. The summed E-state index contributed by atoms with van der Waals surface area (Å²) in [6, 6.07) is 0.493. The first-order valence-corrected chi connectivity index (χ1v) is 12.2. The van der Waals surface area contributed by atoms with Crippen LogP contribution >= 0.6 is 0 Å². The van der Waals surface area contributed by atoms with Crippen molar-refractivity contribution < 1.29 is 14.4 Å². The fourth-order valence-corrected chi connectivity index (χ4v) is 4.58. The van der Waals surface area contributed by atoms with Gasteiger partial charge in [0, 0.05) is 51.1 Å². The minimum Gasteiger partial charge on any atom is -0.336 e. The van der Waals surface area contributed by atoms with Crippen molar-refractivity contribution in [3.63, 3.8) is 0 Å². The maximum Gasteiger partial charge on any atom is 0.324 e. The number of ketones is 1. The highest BCUT2D eigenvalue weighted by Crippen LogP contribution is 2.28. The molecule has 180 valence electrons. The lowest BCUT2D eigenvalue weighted by Crippen LogP contribution is -2.50. The molecule has 0 aromatic carbocycles. The van der Waals surface area contributed by atoms with Gasteiger partial charge in [-0.2, -0.15) is 0 Å². The number of Topliss-reactive ketones (excluding diaryl/α,β-unsaturated/α-hetero) is 1. The molecular formula is C24H46N4O3. The molecule has 1 aliphatic carbocycles. The van der Waals surface area contributed by atoms with Gasteiger partial charge in [0.2, 0.25) is 5.91 Å². The van der Waals surface area contributed by atoms with Crippen LogP contribution in [0.3, 0.4) is 0 Å². The van der Waals surface area contributed by atoms with Gasteiger partial charge in [0.1, 0.15) is 5.78 Å². The third kappa shape index (κ3) is 9.69. The molecular weight excluding hydrogens is 392 g/mol. The van der Waals surface area contributed by atoms with Crippen LogP contribution in [-0.4, -0.2) is 72.8 Å². The molecule has 2 N–H and O–H groups in total. The number of imide groups is 1. The fraction of sp³-hybridized carbons (Fsp3) is 0.875. The van der Waals surface area contributed by atoms with Gasteiger partial charge in [0.05, 0.1) is 5.92 Å². The molecule has 31 heavy (non-hydrogen) atoms. The fourth-order valence-electron chi connectivity index (χ4n) is 4.58. The van der Waals surface area contributed by atoms with Crippen molar-refractivity contribution in [2.24, 2.45) is 11.8 Å². The van der Waals surface area contributed by atoms with Crippen LogP contribution in [-0.2, 0) is 9.59 Å². The van der Waals surface area contributed by atoms with E-state index in [1.807, 2.05) is 7.05 Å². The van der Waals surface area contributed by atoms with Gasteiger partial charge in [-0.15, -0.1) is 0 Å². The lowest BCUT2D eigenvalue weighted by atomic mass is 9.81. The van der Waals surface area contributed by atoms with Gasteiger partial charge in [-0.25, -0.2) is 4.79 Å². The molecule has 1 fully saturated rings. The summed E-state index contributed by atoms with van der Waals surface area (Å²) in [4.78, 5) is 41.9. The average Bonchev–Trinajstić information content (AvgIpc) is 2.70. The number of urea groups is 1. The maximum atomic E-state index is 13.4. The molecule has 0 aliphatic heterocycles. The summed E-state index contributed by atoms with van der Waals surface area (Å²) in [6.45, 7) is 12.9. The normalized spacial score (nSPS) is 18.0. The third-order valence-corrected chi connectivity index (χ3v) is 6.22. The second-order valence-corrected chi connectivity index (χ2v) is 9.49. The Balaban J connectivity index is 2.79. The van der Waals surface area contributed by atoms with Crippen LogP contribution in [0, 0.1) is 11.8 Å². The number of unbranched alkanes of at least 4 members (excludes halogenated alkanes) is 1. The molecule has 7 nitrogen and oxygen atoms in total. The van der Waals surface area contributed by atoms with Crippen molar-refractivity contribution in [2.45, 2.75) is 91.6 Å². The highest BCUT2D eigenvalue weighted by atomic mass is 16.2. The van der Waals surface area contributed by atoms with E-state index < -0.39 is 0 Å². The van der Waals surface area contributed by atoms with Gasteiger partial charge < -0.3 is 10.6 Å². The summed E-state index contributed by atoms with van der Waals surface area (Å²) >= 11 is 0. The van der Waals surface area contributed by atoms with E-state index in [9.17, 15) is 14.4 Å². The first-order chi connectivity index (χ1) is 14.7. The molecule has 0 saturated heterocycles. The number of carbonyl (C=O) groups is 3. The number of nitrogens with zero attached hydrogens (tertiary/aromatic N) is 2. The SMILES string of the molecule is CCCCN(C(=O)NCCN(C(C)C)C(C)C)C(=O)[C@@H](CNC)C[C@H]1CCCC(=O)C1. The highest BCUT2D eigenvalue weighted by Gasteiger charge is 2.31. The zero-order valence-electron chi connectivity index (χ0n) is 20.7. The minimum atomic E-state index is -0.299. The van der Waals surface area contributed by atoms with Crippen molar-refractivity contribution in [2.75, 3.05) is 33.2 Å². The third-order valence-electron chi connectivity index (χ3n) is 6.22. The van der Waals surface area contributed by atoms with Crippen LogP contribution in [0.25, 0.3) is 0 Å². The summed E-state index contributed by atoms with van der Waals surface area (Å²) in [6.07, 6.45) is 5.49. The van der Waals surface area contributed by atoms with Gasteiger partial charge >= 0.3 is 6.03 Å². The van der Waals surface area contributed by atoms with Crippen LogP contribution in [0.1, 0.15) is 79.6 Å². The number of hydrogen-bond acceptors (Lipinski definition) is 5. The summed E-state index contributed by atoms with van der Waals surface area (Å²) in [5.74, 6) is 0.131. The van der Waals surface area contributed by atoms with Gasteiger partial charge in [-0.1, -0.05) is 13.3 Å². The Bertz CT molecular complexity index is 557. The smallest absolute Gasteiger partial charge is 0.324 e. The van der Waals surface area contributed by atoms with Crippen LogP contribution in [0.15, 0.2) is 0 Å². The molecule has 7 heteroatoms. The standard InChI is InChI=1S/C24H46N4O3/c1-7-8-13-28(24(31)26-12-14-27(18(2)3)19(4)5)23(30)21(17-25-6)15-20-10-9-11-22(29)16-20/h18-21,25H,7-17H2,1-6H3,(H,26,31)/t20-,21-/m1/s1. The molecule has 2 atom stereocenters. The van der Waals surface area contributed by atoms with Gasteiger partial charge in [0.25, 0.3) is 0 Å². The van der Waals surface area contributed by atoms with Gasteiger partial charge in [-0.05, 0) is 66.3 Å². The van der Waals surface area contributed by atoms with E-state index in [0.717, 1.165) is 32.2 Å². The Labute approximate surface area is 189 Å². The molecule has 1 aliphatic rings. The van der Waals surface area contributed by atoms with E-state index in [1.54, 1.807) is 0 Å². The quantitative estimate of drug-likeness (QED) is 0.460. The molecule has 0 aromatic rings. The lowest BCUT2D eigenvalue weighted by molar-refractivity contribution is -0.133. The van der Waals surface area contributed by atoms with Crippen LogP contribution in [0.2, 0.25) is 0 Å². The predicted octanol–water partition coefficient (Wildman–Crippen LogP) is 3.43. The number of rotatable bonds is 13. The first-order valence-electron chi connectivity index (χ1n) is 12.2. The van der Waals surface area contributed by atoms with E-state index in [4.69, 9.17) is 0 Å². The Kier molecular flexibility index (Phi) is 13.0. The van der Waals surface area contributed by atoms with Crippen LogP contribution in [0.4, 0.5) is 4.79 Å². The van der Waals surface area contributed by atoms with Crippen LogP contribution < -0.4 is 10.6 Å². The van der Waals surface area contributed by atoms with Gasteiger partial charge in [0.15, 0.2) is 0 Å². The van der Waals surface area contributed by atoms with E-state index in [-0.39, 0.29) is 23.8 Å². The Morgan fingerprint density at radius 2 is 1.81 bits per heavy atom. The van der Waals surface area contributed by atoms with Crippen molar-refractivity contribution in [3.8, 4) is 0 Å². The Morgan fingerprint density at radius 3 is 2.35 bits per heavy atom. The van der Waals surface area contributed by atoms with Crippen molar-refractivity contribution in [1.29, 1.82) is 0 Å². The topological polar surface area (TPSA) is 81.8 Å².